The second-order valence-corrected chi connectivity index (χ2v) is 7.25. The quantitative estimate of drug-likeness (QED) is 0.412. The lowest BCUT2D eigenvalue weighted by molar-refractivity contribution is -0.139. The molecule has 12 heteroatoms. The molecule has 2 aromatic heterocycles. The summed E-state index contributed by atoms with van der Waals surface area (Å²) in [6.45, 7) is 1.21. The van der Waals surface area contributed by atoms with Crippen molar-refractivity contribution in [2.75, 3.05) is 26.7 Å². The van der Waals surface area contributed by atoms with Gasteiger partial charge in [-0.05, 0) is 43.8 Å². The van der Waals surface area contributed by atoms with Crippen LogP contribution in [0, 0.1) is 11.2 Å². The molecule has 0 aliphatic rings. The van der Waals surface area contributed by atoms with Crippen LogP contribution < -0.4 is 10.8 Å². The topological polar surface area (TPSA) is 103 Å². The Labute approximate surface area is 192 Å². The van der Waals surface area contributed by atoms with Crippen molar-refractivity contribution in [2.45, 2.75) is 12.6 Å². The zero-order valence-corrected chi connectivity index (χ0v) is 18.2. The van der Waals surface area contributed by atoms with Gasteiger partial charge < -0.3 is 15.2 Å². The number of carbonyl (C=O) groups excluding carboxylic acids is 1. The zero-order chi connectivity index (χ0) is 24.7. The largest absolute Gasteiger partial charge is 0.420 e. The van der Waals surface area contributed by atoms with Gasteiger partial charge in [-0.2, -0.15) is 18.3 Å². The Hall–Kier alpha value is -3.80. The van der Waals surface area contributed by atoms with Crippen LogP contribution in [0.25, 0.3) is 17.5 Å². The van der Waals surface area contributed by atoms with Crippen molar-refractivity contribution in [2.24, 2.45) is 0 Å². The average molecular weight is 477 g/mol. The Morgan fingerprint density at radius 1 is 1.26 bits per heavy atom. The molecule has 0 aliphatic carbocycles. The number of hydrogen-bond donors (Lipinski definition) is 3. The van der Waals surface area contributed by atoms with Crippen LogP contribution in [-0.4, -0.2) is 57.2 Å². The van der Waals surface area contributed by atoms with Gasteiger partial charge in [0.1, 0.15) is 11.4 Å². The van der Waals surface area contributed by atoms with Gasteiger partial charge in [0.05, 0.1) is 5.69 Å². The van der Waals surface area contributed by atoms with E-state index >= 15 is 0 Å². The summed E-state index contributed by atoms with van der Waals surface area (Å²) >= 11 is 0. The van der Waals surface area contributed by atoms with Gasteiger partial charge in [-0.25, -0.2) is 14.1 Å². The van der Waals surface area contributed by atoms with Crippen LogP contribution in [0.5, 0.6) is 0 Å². The van der Waals surface area contributed by atoms with Crippen LogP contribution in [0.15, 0.2) is 48.8 Å². The number of nitrogens with zero attached hydrogens (tertiary/aromatic N) is 4. The van der Waals surface area contributed by atoms with E-state index < -0.39 is 23.0 Å². The zero-order valence-electron chi connectivity index (χ0n) is 18.2. The summed E-state index contributed by atoms with van der Waals surface area (Å²) in [6, 6.07) is 5.63. The summed E-state index contributed by atoms with van der Waals surface area (Å²) in [4.78, 5) is 20.9. The number of alkyl halides is 3. The molecule has 0 fully saturated rings. The Bertz CT molecular complexity index is 1190. The molecule has 1 aromatic carbocycles. The standard InChI is InChI=1S/C22H23F4N7O/c1-28-10-13-32(21(34)20-29-8-9-30-20)11-2-3-12-33-19(27)17(22(24,25)26)14-18(31-33)15-4-6-16(23)7-5-15/h3-9,12,14,27-28H,2,10-11,13H2,1H3,(H,29,30)/b12-3+,27-19?. The summed E-state index contributed by atoms with van der Waals surface area (Å²) in [6.07, 6.45) is 1.30. The number of rotatable bonds is 9. The van der Waals surface area contributed by atoms with Gasteiger partial charge in [0.25, 0.3) is 5.91 Å². The minimum atomic E-state index is -4.77. The molecule has 0 atom stereocenters. The van der Waals surface area contributed by atoms with Crippen LogP contribution in [0.3, 0.4) is 0 Å². The minimum absolute atomic E-state index is 0.0587. The van der Waals surface area contributed by atoms with E-state index in [1.54, 1.807) is 11.9 Å². The first kappa shape index (κ1) is 24.8. The monoisotopic (exact) mass is 477 g/mol. The number of imidazole rings is 1. The van der Waals surface area contributed by atoms with Crippen molar-refractivity contribution in [1.29, 1.82) is 5.41 Å². The van der Waals surface area contributed by atoms with E-state index in [1.807, 2.05) is 0 Å². The van der Waals surface area contributed by atoms with Crippen LogP contribution in [0.4, 0.5) is 17.6 Å². The summed E-state index contributed by atoms with van der Waals surface area (Å²) < 4.78 is 54.6. The van der Waals surface area contributed by atoms with Gasteiger partial charge in [-0.15, -0.1) is 0 Å². The molecule has 0 spiro atoms. The summed E-state index contributed by atoms with van der Waals surface area (Å²) in [5.41, 5.74) is -1.80. The lowest BCUT2D eigenvalue weighted by Crippen LogP contribution is -2.37. The number of hydrogen-bond acceptors (Lipinski definition) is 5. The molecule has 0 unspecified atom stereocenters. The van der Waals surface area contributed by atoms with Crippen molar-refractivity contribution in [3.63, 3.8) is 0 Å². The second-order valence-electron chi connectivity index (χ2n) is 7.25. The summed E-state index contributed by atoms with van der Waals surface area (Å²) in [5.74, 6) is -0.652. The van der Waals surface area contributed by atoms with E-state index in [0.29, 0.717) is 19.5 Å². The molecule has 0 aliphatic heterocycles. The molecule has 1 amide bonds. The molecule has 0 saturated heterocycles. The molecular formula is C22H23F4N7O. The molecular weight excluding hydrogens is 454 g/mol. The first-order valence-electron chi connectivity index (χ1n) is 10.3. The number of benzene rings is 1. The predicted octanol–water partition coefficient (Wildman–Crippen LogP) is 3.13. The molecule has 34 heavy (non-hydrogen) atoms. The fourth-order valence-electron chi connectivity index (χ4n) is 3.11. The maximum atomic E-state index is 13.5. The van der Waals surface area contributed by atoms with Gasteiger partial charge >= 0.3 is 6.18 Å². The van der Waals surface area contributed by atoms with E-state index in [2.05, 4.69) is 20.4 Å². The highest BCUT2D eigenvalue weighted by Gasteiger charge is 2.34. The number of carbonyl (C=O) groups is 1. The van der Waals surface area contributed by atoms with E-state index in [1.165, 1.54) is 36.8 Å². The number of amides is 1. The number of likely N-dealkylation sites (N-methyl/N-ethyl adjacent to an activating group) is 1. The summed E-state index contributed by atoms with van der Waals surface area (Å²) in [5, 5.41) is 15.0. The van der Waals surface area contributed by atoms with Crippen molar-refractivity contribution < 1.29 is 22.4 Å². The lowest BCUT2D eigenvalue weighted by Gasteiger charge is -2.20. The normalized spacial score (nSPS) is 11.8. The molecule has 2 heterocycles. The third kappa shape index (κ3) is 6.16. The average Bonchev–Trinajstić information content (AvgIpc) is 3.34. The fourth-order valence-corrected chi connectivity index (χ4v) is 3.11. The van der Waals surface area contributed by atoms with Crippen molar-refractivity contribution >= 4 is 12.1 Å². The number of halogens is 4. The Kier molecular flexibility index (Phi) is 7.95. The Morgan fingerprint density at radius 2 is 2.00 bits per heavy atom. The molecule has 3 aromatic rings. The van der Waals surface area contributed by atoms with E-state index in [4.69, 9.17) is 5.41 Å². The molecule has 180 valence electrons. The number of aromatic nitrogens is 4. The highest BCUT2D eigenvalue weighted by Crippen LogP contribution is 2.29. The van der Waals surface area contributed by atoms with Gasteiger partial charge in [0.15, 0.2) is 11.3 Å². The maximum absolute atomic E-state index is 13.5. The van der Waals surface area contributed by atoms with Crippen molar-refractivity contribution in [3.05, 3.63) is 71.5 Å². The Morgan fingerprint density at radius 3 is 2.62 bits per heavy atom. The molecule has 0 radical (unpaired) electrons. The maximum Gasteiger partial charge on any atom is 0.420 e. The first-order chi connectivity index (χ1) is 16.2. The number of nitrogens with one attached hydrogen (secondary N) is 3. The fraction of sp³-hybridized carbons (Fsp3) is 0.273. The SMILES string of the molecule is CNCCN(CC/C=C/n1nc(-c2ccc(F)cc2)cc(C(F)(F)F)c1=N)C(=O)c1ncc[nH]1. The van der Waals surface area contributed by atoms with Crippen LogP contribution in [0.1, 0.15) is 22.6 Å². The van der Waals surface area contributed by atoms with Crippen LogP contribution >= 0.6 is 0 Å². The van der Waals surface area contributed by atoms with Crippen LogP contribution in [-0.2, 0) is 6.18 Å². The lowest BCUT2D eigenvalue weighted by atomic mass is 10.1. The second kappa shape index (κ2) is 10.9. The van der Waals surface area contributed by atoms with Gasteiger partial charge in [0.2, 0.25) is 0 Å². The van der Waals surface area contributed by atoms with Crippen molar-refractivity contribution in [1.82, 2.24) is 30.0 Å². The third-order valence-electron chi connectivity index (χ3n) is 4.86. The Balaban J connectivity index is 1.83. The number of aromatic amines is 1. The van der Waals surface area contributed by atoms with Crippen LogP contribution in [0.2, 0.25) is 0 Å². The summed E-state index contributed by atoms with van der Waals surface area (Å²) in [7, 11) is 1.75. The highest BCUT2D eigenvalue weighted by molar-refractivity contribution is 5.90. The van der Waals surface area contributed by atoms with Crippen molar-refractivity contribution in [3.8, 4) is 11.3 Å². The van der Waals surface area contributed by atoms with E-state index in [9.17, 15) is 22.4 Å². The molecule has 3 N–H and O–H groups in total. The molecule has 0 bridgehead atoms. The number of H-pyrrole nitrogens is 1. The predicted molar refractivity (Wildman–Crippen MR) is 117 cm³/mol. The molecule has 8 nitrogen and oxygen atoms in total. The third-order valence-corrected chi connectivity index (χ3v) is 4.86. The van der Waals surface area contributed by atoms with Gasteiger partial charge in [0, 0.05) is 43.8 Å². The minimum Gasteiger partial charge on any atom is -0.341 e. The highest BCUT2D eigenvalue weighted by atomic mass is 19.4. The van der Waals surface area contributed by atoms with Gasteiger partial charge in [-0.1, -0.05) is 6.08 Å². The van der Waals surface area contributed by atoms with E-state index in [-0.39, 0.29) is 29.5 Å². The molecule has 3 rings (SSSR count). The smallest absolute Gasteiger partial charge is 0.341 e. The molecule has 0 saturated carbocycles. The van der Waals surface area contributed by atoms with E-state index in [0.717, 1.165) is 22.9 Å². The first-order valence-corrected chi connectivity index (χ1v) is 10.3. The van der Waals surface area contributed by atoms with Gasteiger partial charge in [-0.3, -0.25) is 10.2 Å².